The van der Waals surface area contributed by atoms with Crippen LogP contribution in [0.3, 0.4) is 0 Å². The minimum atomic E-state index is -0.693. The number of halogens is 2. The molecule has 0 spiro atoms. The van der Waals surface area contributed by atoms with Crippen molar-refractivity contribution in [2.45, 2.75) is 0 Å². The first-order valence-corrected chi connectivity index (χ1v) is 6.98. The van der Waals surface area contributed by atoms with Gasteiger partial charge in [0.15, 0.2) is 11.3 Å². The van der Waals surface area contributed by atoms with Crippen LogP contribution in [0.4, 0.5) is 10.1 Å². The second kappa shape index (κ2) is 7.56. The van der Waals surface area contributed by atoms with Crippen LogP contribution in [0.5, 0.6) is 0 Å². The van der Waals surface area contributed by atoms with Gasteiger partial charge in [0, 0.05) is 11.8 Å². The monoisotopic (exact) mass is 367 g/mol. The largest absolute Gasteiger partial charge is 0.452 e. The summed E-state index contributed by atoms with van der Waals surface area (Å²) in [7, 11) is 0. The second-order valence-electron chi connectivity index (χ2n) is 4.14. The molecule has 0 aliphatic carbocycles. The quantitative estimate of drug-likeness (QED) is 0.649. The fraction of sp³-hybridized carbons (Fsp3) is 0.0667. The van der Waals surface area contributed by atoms with Gasteiger partial charge in [0.1, 0.15) is 11.6 Å². The summed E-state index contributed by atoms with van der Waals surface area (Å²) in [5.41, 5.74) is 0.289. The van der Waals surface area contributed by atoms with Crippen molar-refractivity contribution in [3.8, 4) is 0 Å². The number of furan rings is 1. The predicted molar refractivity (Wildman–Crippen MR) is 81.4 cm³/mol. The van der Waals surface area contributed by atoms with Crippen LogP contribution >= 0.6 is 15.9 Å². The van der Waals surface area contributed by atoms with Gasteiger partial charge in [-0.15, -0.1) is 0 Å². The lowest BCUT2D eigenvalue weighted by molar-refractivity contribution is -0.142. The van der Waals surface area contributed by atoms with E-state index in [2.05, 4.69) is 21.2 Å². The molecule has 0 radical (unpaired) electrons. The zero-order chi connectivity index (χ0) is 15.9. The average Bonchev–Trinajstić information content (AvgIpc) is 2.89. The molecule has 0 atom stereocenters. The van der Waals surface area contributed by atoms with Crippen LogP contribution in [0.1, 0.15) is 5.76 Å². The molecule has 0 unspecified atom stereocenters. The van der Waals surface area contributed by atoms with E-state index in [0.29, 0.717) is 10.4 Å². The van der Waals surface area contributed by atoms with Crippen molar-refractivity contribution in [1.29, 1.82) is 0 Å². The summed E-state index contributed by atoms with van der Waals surface area (Å²) >= 11 is 3.13. The number of carbonyl (C=O) groups excluding carboxylic acids is 2. The number of esters is 1. The zero-order valence-corrected chi connectivity index (χ0v) is 12.8. The van der Waals surface area contributed by atoms with E-state index in [1.807, 2.05) is 0 Å². The van der Waals surface area contributed by atoms with Crippen LogP contribution in [0.15, 0.2) is 51.6 Å². The van der Waals surface area contributed by atoms with Crippen LogP contribution in [0, 0.1) is 5.82 Å². The maximum absolute atomic E-state index is 12.9. The fourth-order valence-corrected chi connectivity index (χ4v) is 1.84. The highest BCUT2D eigenvalue weighted by Crippen LogP contribution is 2.15. The highest BCUT2D eigenvalue weighted by atomic mass is 79.9. The third-order valence-electron chi connectivity index (χ3n) is 2.43. The van der Waals surface area contributed by atoms with Gasteiger partial charge in [-0.3, -0.25) is 4.79 Å². The first-order valence-electron chi connectivity index (χ1n) is 6.18. The van der Waals surface area contributed by atoms with E-state index in [-0.39, 0.29) is 5.69 Å². The molecule has 1 heterocycles. The number of anilines is 1. The number of benzene rings is 1. The summed E-state index contributed by atoms with van der Waals surface area (Å²) in [6.45, 7) is -0.471. The maximum Gasteiger partial charge on any atom is 0.331 e. The summed E-state index contributed by atoms with van der Waals surface area (Å²) in [5.74, 6) is -1.26. The molecule has 1 aromatic heterocycles. The molecule has 0 fully saturated rings. The van der Waals surface area contributed by atoms with Crippen LogP contribution in [0.2, 0.25) is 0 Å². The SMILES string of the molecule is O=C(COC(=O)/C=C/c1ccc(Br)o1)Nc1cccc(F)c1. The van der Waals surface area contributed by atoms with E-state index in [9.17, 15) is 14.0 Å². The van der Waals surface area contributed by atoms with E-state index in [4.69, 9.17) is 9.15 Å². The molecular weight excluding hydrogens is 357 g/mol. The first kappa shape index (κ1) is 16.0. The fourth-order valence-electron chi connectivity index (χ4n) is 1.52. The Balaban J connectivity index is 1.78. The van der Waals surface area contributed by atoms with Crippen molar-refractivity contribution in [2.75, 3.05) is 11.9 Å². The summed E-state index contributed by atoms with van der Waals surface area (Å²) in [4.78, 5) is 23.0. The maximum atomic E-state index is 12.9. The molecule has 1 amide bonds. The molecule has 0 saturated heterocycles. The number of hydrogen-bond acceptors (Lipinski definition) is 4. The lowest BCUT2D eigenvalue weighted by atomic mass is 10.3. The van der Waals surface area contributed by atoms with Gasteiger partial charge < -0.3 is 14.5 Å². The van der Waals surface area contributed by atoms with E-state index < -0.39 is 24.3 Å². The van der Waals surface area contributed by atoms with E-state index in [1.165, 1.54) is 24.3 Å². The summed E-state index contributed by atoms with van der Waals surface area (Å²) in [5, 5.41) is 2.41. The molecule has 2 aromatic rings. The van der Waals surface area contributed by atoms with Crippen LogP contribution < -0.4 is 5.32 Å². The average molecular weight is 368 g/mol. The molecule has 7 heteroatoms. The normalized spacial score (nSPS) is 10.6. The number of amides is 1. The van der Waals surface area contributed by atoms with Gasteiger partial charge in [0.05, 0.1) is 0 Å². The lowest BCUT2D eigenvalue weighted by Crippen LogP contribution is -2.20. The van der Waals surface area contributed by atoms with Gasteiger partial charge in [-0.25, -0.2) is 9.18 Å². The topological polar surface area (TPSA) is 68.5 Å². The van der Waals surface area contributed by atoms with Crippen molar-refractivity contribution in [3.63, 3.8) is 0 Å². The Morgan fingerprint density at radius 3 is 2.82 bits per heavy atom. The Labute approximate surface area is 133 Å². The second-order valence-corrected chi connectivity index (χ2v) is 4.92. The van der Waals surface area contributed by atoms with E-state index >= 15 is 0 Å². The molecule has 2 rings (SSSR count). The highest BCUT2D eigenvalue weighted by molar-refractivity contribution is 9.10. The lowest BCUT2D eigenvalue weighted by Gasteiger charge is -2.05. The molecule has 0 aliphatic heterocycles. The van der Waals surface area contributed by atoms with Crippen molar-refractivity contribution >= 4 is 39.6 Å². The Kier molecular flexibility index (Phi) is 5.48. The molecule has 1 N–H and O–H groups in total. The Bertz CT molecular complexity index is 711. The minimum absolute atomic E-state index is 0.289. The van der Waals surface area contributed by atoms with Gasteiger partial charge in [-0.1, -0.05) is 6.07 Å². The van der Waals surface area contributed by atoms with E-state index in [0.717, 1.165) is 12.1 Å². The number of rotatable bonds is 5. The van der Waals surface area contributed by atoms with Gasteiger partial charge >= 0.3 is 5.97 Å². The molecule has 1 aromatic carbocycles. The molecule has 114 valence electrons. The smallest absolute Gasteiger partial charge is 0.331 e. The highest BCUT2D eigenvalue weighted by Gasteiger charge is 2.06. The van der Waals surface area contributed by atoms with Gasteiger partial charge in [0.2, 0.25) is 0 Å². The third kappa shape index (κ3) is 5.17. The first-order chi connectivity index (χ1) is 10.5. The molecule has 0 aliphatic rings. The molecule has 5 nitrogen and oxygen atoms in total. The predicted octanol–water partition coefficient (Wildman–Crippen LogP) is 3.38. The van der Waals surface area contributed by atoms with Crippen molar-refractivity contribution in [3.05, 3.63) is 58.7 Å². The minimum Gasteiger partial charge on any atom is -0.452 e. The number of ether oxygens (including phenoxy) is 1. The number of carbonyl (C=O) groups is 2. The standard InChI is InChI=1S/C15H11BrFNO4/c16-13-6-4-12(22-13)5-7-15(20)21-9-14(19)18-11-3-1-2-10(17)8-11/h1-8H,9H2,(H,18,19)/b7-5+. The van der Waals surface area contributed by atoms with Gasteiger partial charge in [-0.05, 0) is 52.3 Å². The Morgan fingerprint density at radius 2 is 2.14 bits per heavy atom. The van der Waals surface area contributed by atoms with Gasteiger partial charge in [0.25, 0.3) is 5.91 Å². The summed E-state index contributed by atoms with van der Waals surface area (Å²) in [6, 6.07) is 8.74. The van der Waals surface area contributed by atoms with Crippen molar-refractivity contribution < 1.29 is 23.1 Å². The molecule has 22 heavy (non-hydrogen) atoms. The van der Waals surface area contributed by atoms with Crippen LogP contribution in [-0.4, -0.2) is 18.5 Å². The van der Waals surface area contributed by atoms with Crippen molar-refractivity contribution in [1.82, 2.24) is 0 Å². The van der Waals surface area contributed by atoms with Crippen LogP contribution in [-0.2, 0) is 14.3 Å². The van der Waals surface area contributed by atoms with E-state index in [1.54, 1.807) is 12.1 Å². The molecular formula is C15H11BrFNO4. The van der Waals surface area contributed by atoms with Crippen molar-refractivity contribution in [2.24, 2.45) is 0 Å². The zero-order valence-electron chi connectivity index (χ0n) is 11.2. The Morgan fingerprint density at radius 1 is 1.32 bits per heavy atom. The Hall–Kier alpha value is -2.41. The summed E-state index contributed by atoms with van der Waals surface area (Å²) < 4.78 is 23.4. The van der Waals surface area contributed by atoms with Crippen LogP contribution in [0.25, 0.3) is 6.08 Å². The number of nitrogens with one attached hydrogen (secondary N) is 1. The number of hydrogen-bond donors (Lipinski definition) is 1. The molecule has 0 bridgehead atoms. The van der Waals surface area contributed by atoms with Gasteiger partial charge in [-0.2, -0.15) is 0 Å². The molecule has 0 saturated carbocycles. The summed E-state index contributed by atoms with van der Waals surface area (Å²) in [6.07, 6.45) is 2.55. The third-order valence-corrected chi connectivity index (χ3v) is 2.86.